The second-order valence-corrected chi connectivity index (χ2v) is 6.79. The topological polar surface area (TPSA) is 38.3 Å². The van der Waals surface area contributed by atoms with Crippen molar-refractivity contribution in [1.29, 1.82) is 0 Å². The number of rotatable bonds is 7. The molecule has 25 heavy (non-hydrogen) atoms. The average Bonchev–Trinajstić information content (AvgIpc) is 2.69. The summed E-state index contributed by atoms with van der Waals surface area (Å²) in [5.74, 6) is 1.65. The van der Waals surface area contributed by atoms with Gasteiger partial charge in [-0.25, -0.2) is 0 Å². The van der Waals surface area contributed by atoms with Crippen LogP contribution in [0.2, 0.25) is 0 Å². The molecule has 0 saturated heterocycles. The second kappa shape index (κ2) is 8.70. The summed E-state index contributed by atoms with van der Waals surface area (Å²) in [6, 6.07) is 16.0. The van der Waals surface area contributed by atoms with Gasteiger partial charge in [0, 0.05) is 24.2 Å². The van der Waals surface area contributed by atoms with E-state index in [4.69, 9.17) is 4.74 Å². The highest BCUT2D eigenvalue weighted by Gasteiger charge is 2.15. The normalized spacial score (nSPS) is 14.9. The highest BCUT2D eigenvalue weighted by atomic mass is 16.5. The van der Waals surface area contributed by atoms with E-state index in [-0.39, 0.29) is 5.78 Å². The highest BCUT2D eigenvalue weighted by molar-refractivity contribution is 5.96. The number of carbonyl (C=O) groups excluding carboxylic acids is 1. The summed E-state index contributed by atoms with van der Waals surface area (Å²) < 4.78 is 5.12. The fourth-order valence-electron chi connectivity index (χ4n) is 3.55. The molecule has 0 spiro atoms. The van der Waals surface area contributed by atoms with Gasteiger partial charge in [-0.15, -0.1) is 0 Å². The van der Waals surface area contributed by atoms with Crippen LogP contribution in [0.15, 0.2) is 48.5 Å². The summed E-state index contributed by atoms with van der Waals surface area (Å²) >= 11 is 0. The zero-order valence-corrected chi connectivity index (χ0v) is 15.0. The number of anilines is 1. The van der Waals surface area contributed by atoms with Crippen molar-refractivity contribution in [1.82, 2.24) is 0 Å². The molecule has 132 valence electrons. The van der Waals surface area contributed by atoms with Crippen molar-refractivity contribution in [3.8, 4) is 5.75 Å². The standard InChI is InChI=1S/C22H27NO2/c1-25-21-13-9-19(10-14-21)22(24)15-16-23-20-11-7-18(8-12-20)17-5-3-2-4-6-17/h7-14,17,23H,2-6,15-16H2,1H3. The second-order valence-electron chi connectivity index (χ2n) is 6.79. The van der Waals surface area contributed by atoms with Gasteiger partial charge in [0.15, 0.2) is 5.78 Å². The molecule has 3 rings (SSSR count). The predicted molar refractivity (Wildman–Crippen MR) is 103 cm³/mol. The number of ketones is 1. The average molecular weight is 337 g/mol. The van der Waals surface area contributed by atoms with Crippen LogP contribution in [0.5, 0.6) is 5.75 Å². The number of methoxy groups -OCH3 is 1. The van der Waals surface area contributed by atoms with Crippen LogP contribution in [0.1, 0.15) is 60.4 Å². The Labute approximate surface area is 150 Å². The number of hydrogen-bond acceptors (Lipinski definition) is 3. The lowest BCUT2D eigenvalue weighted by atomic mass is 9.84. The molecule has 2 aromatic rings. The summed E-state index contributed by atoms with van der Waals surface area (Å²) in [5, 5.41) is 3.35. The van der Waals surface area contributed by atoms with Gasteiger partial charge < -0.3 is 10.1 Å². The molecule has 1 saturated carbocycles. The zero-order chi connectivity index (χ0) is 17.5. The molecule has 0 aliphatic heterocycles. The van der Waals surface area contributed by atoms with Gasteiger partial charge in [0.25, 0.3) is 0 Å². The van der Waals surface area contributed by atoms with Crippen LogP contribution in [0.4, 0.5) is 5.69 Å². The molecule has 2 aromatic carbocycles. The van der Waals surface area contributed by atoms with Gasteiger partial charge in [0.1, 0.15) is 5.75 Å². The number of hydrogen-bond donors (Lipinski definition) is 1. The van der Waals surface area contributed by atoms with Crippen LogP contribution in [-0.2, 0) is 0 Å². The van der Waals surface area contributed by atoms with E-state index < -0.39 is 0 Å². The minimum absolute atomic E-state index is 0.147. The van der Waals surface area contributed by atoms with Gasteiger partial charge in [0.05, 0.1) is 7.11 Å². The molecular weight excluding hydrogens is 310 g/mol. The van der Waals surface area contributed by atoms with Crippen molar-refractivity contribution in [2.45, 2.75) is 44.4 Å². The molecule has 0 amide bonds. The van der Waals surface area contributed by atoms with E-state index in [2.05, 4.69) is 29.6 Å². The first kappa shape index (κ1) is 17.5. The SMILES string of the molecule is COc1ccc(C(=O)CCNc2ccc(C3CCCCC3)cc2)cc1. The molecule has 1 aliphatic carbocycles. The van der Waals surface area contributed by atoms with Crippen LogP contribution >= 0.6 is 0 Å². The maximum absolute atomic E-state index is 12.2. The van der Waals surface area contributed by atoms with E-state index in [1.165, 1.54) is 37.7 Å². The molecule has 0 unspecified atom stereocenters. The first-order chi connectivity index (χ1) is 12.3. The first-order valence-electron chi connectivity index (χ1n) is 9.27. The molecule has 0 heterocycles. The Balaban J connectivity index is 1.47. The van der Waals surface area contributed by atoms with Crippen LogP contribution in [0, 0.1) is 0 Å². The molecule has 1 N–H and O–H groups in total. The smallest absolute Gasteiger partial charge is 0.164 e. The van der Waals surface area contributed by atoms with Crippen molar-refractivity contribution in [2.24, 2.45) is 0 Å². The largest absolute Gasteiger partial charge is 0.497 e. The summed E-state index contributed by atoms with van der Waals surface area (Å²) in [6.45, 7) is 0.646. The number of carbonyl (C=O) groups is 1. The Morgan fingerprint density at radius 1 is 1.00 bits per heavy atom. The molecular formula is C22H27NO2. The molecule has 0 aromatic heterocycles. The molecule has 0 atom stereocenters. The third kappa shape index (κ3) is 4.85. The van der Waals surface area contributed by atoms with Gasteiger partial charge in [-0.3, -0.25) is 4.79 Å². The van der Waals surface area contributed by atoms with Crippen LogP contribution in [0.3, 0.4) is 0 Å². The van der Waals surface area contributed by atoms with E-state index in [1.54, 1.807) is 7.11 Å². The lowest BCUT2D eigenvalue weighted by molar-refractivity contribution is 0.0986. The van der Waals surface area contributed by atoms with E-state index >= 15 is 0 Å². The van der Waals surface area contributed by atoms with E-state index in [9.17, 15) is 4.79 Å². The van der Waals surface area contributed by atoms with Gasteiger partial charge in [-0.1, -0.05) is 31.4 Å². The first-order valence-corrected chi connectivity index (χ1v) is 9.27. The minimum Gasteiger partial charge on any atom is -0.497 e. The predicted octanol–water partition coefficient (Wildman–Crippen LogP) is 5.43. The Bertz CT molecular complexity index is 670. The molecule has 1 aliphatic rings. The van der Waals surface area contributed by atoms with E-state index in [0.717, 1.165) is 22.9 Å². The maximum atomic E-state index is 12.2. The Morgan fingerprint density at radius 2 is 1.68 bits per heavy atom. The maximum Gasteiger partial charge on any atom is 0.164 e. The van der Waals surface area contributed by atoms with Crippen molar-refractivity contribution in [3.63, 3.8) is 0 Å². The Morgan fingerprint density at radius 3 is 2.32 bits per heavy atom. The molecule has 3 nitrogen and oxygen atoms in total. The summed E-state index contributed by atoms with van der Waals surface area (Å²) in [5.41, 5.74) is 3.27. The molecule has 0 radical (unpaired) electrons. The third-order valence-electron chi connectivity index (χ3n) is 5.08. The van der Waals surface area contributed by atoms with Crippen LogP contribution in [0.25, 0.3) is 0 Å². The minimum atomic E-state index is 0.147. The monoisotopic (exact) mass is 337 g/mol. The number of benzene rings is 2. The zero-order valence-electron chi connectivity index (χ0n) is 15.0. The molecule has 0 bridgehead atoms. The third-order valence-corrected chi connectivity index (χ3v) is 5.08. The fourth-order valence-corrected chi connectivity index (χ4v) is 3.55. The summed E-state index contributed by atoms with van der Waals surface area (Å²) in [7, 11) is 1.63. The molecule has 1 fully saturated rings. The van der Waals surface area contributed by atoms with Gasteiger partial charge in [0.2, 0.25) is 0 Å². The highest BCUT2D eigenvalue weighted by Crippen LogP contribution is 2.32. The van der Waals surface area contributed by atoms with Crippen molar-refractivity contribution < 1.29 is 9.53 Å². The number of nitrogens with one attached hydrogen (secondary N) is 1. The van der Waals surface area contributed by atoms with Crippen molar-refractivity contribution >= 4 is 11.5 Å². The lowest BCUT2D eigenvalue weighted by Gasteiger charge is -2.22. The summed E-state index contributed by atoms with van der Waals surface area (Å²) in [6.07, 6.45) is 7.23. The Hall–Kier alpha value is -2.29. The summed E-state index contributed by atoms with van der Waals surface area (Å²) in [4.78, 5) is 12.2. The van der Waals surface area contributed by atoms with Crippen molar-refractivity contribution in [3.05, 3.63) is 59.7 Å². The van der Waals surface area contributed by atoms with E-state index in [0.29, 0.717) is 13.0 Å². The lowest BCUT2D eigenvalue weighted by Crippen LogP contribution is -2.09. The van der Waals surface area contributed by atoms with Gasteiger partial charge in [-0.05, 0) is 60.7 Å². The number of Topliss-reactive ketones (excluding diaryl/α,β-unsaturated/α-hetero) is 1. The van der Waals surface area contributed by atoms with Crippen LogP contribution < -0.4 is 10.1 Å². The van der Waals surface area contributed by atoms with Crippen LogP contribution in [-0.4, -0.2) is 19.4 Å². The van der Waals surface area contributed by atoms with E-state index in [1.807, 2.05) is 24.3 Å². The van der Waals surface area contributed by atoms with Crippen molar-refractivity contribution in [2.75, 3.05) is 19.0 Å². The van der Waals surface area contributed by atoms with Gasteiger partial charge in [-0.2, -0.15) is 0 Å². The fraction of sp³-hybridized carbons (Fsp3) is 0.409. The number of ether oxygens (including phenoxy) is 1. The Kier molecular flexibility index (Phi) is 6.10. The quantitative estimate of drug-likeness (QED) is 0.685. The van der Waals surface area contributed by atoms with Gasteiger partial charge >= 0.3 is 0 Å². The molecule has 3 heteroatoms.